The van der Waals surface area contributed by atoms with Crippen molar-refractivity contribution < 1.29 is 14.3 Å². The smallest absolute Gasteiger partial charge is 0.345 e. The molecule has 1 amide bonds. The van der Waals surface area contributed by atoms with Crippen LogP contribution in [0.3, 0.4) is 0 Å². The number of amides is 1. The van der Waals surface area contributed by atoms with Crippen molar-refractivity contribution in [2.75, 3.05) is 0 Å². The first-order valence-electron chi connectivity index (χ1n) is 9.92. The third-order valence-corrected chi connectivity index (χ3v) is 5.31. The maximum Gasteiger partial charge on any atom is 0.345 e. The number of rotatable bonds is 5. The molecular formula is C26H19ClN2O3. The highest BCUT2D eigenvalue weighted by molar-refractivity contribution is 6.33. The number of nitrogens with one attached hydrogen (secondary N) is 1. The van der Waals surface area contributed by atoms with E-state index < -0.39 is 5.97 Å². The Balaban J connectivity index is 1.65. The van der Waals surface area contributed by atoms with Crippen LogP contribution >= 0.6 is 11.6 Å². The average molecular weight is 443 g/mol. The van der Waals surface area contributed by atoms with Crippen LogP contribution in [0, 0.1) is 6.92 Å². The van der Waals surface area contributed by atoms with E-state index >= 15 is 0 Å². The highest BCUT2D eigenvalue weighted by Crippen LogP contribution is 2.28. The molecule has 0 unspecified atom stereocenters. The Kier molecular flexibility index (Phi) is 6.29. The summed E-state index contributed by atoms with van der Waals surface area (Å²) in [7, 11) is 0. The fourth-order valence-electron chi connectivity index (χ4n) is 3.32. The van der Waals surface area contributed by atoms with Gasteiger partial charge in [-0.3, -0.25) is 4.79 Å². The fraction of sp³-hybridized carbons (Fsp3) is 0.0385. The number of hydrogen-bond donors (Lipinski definition) is 1. The monoisotopic (exact) mass is 442 g/mol. The van der Waals surface area contributed by atoms with E-state index in [0.29, 0.717) is 21.9 Å². The quantitative estimate of drug-likeness (QED) is 0.184. The first-order chi connectivity index (χ1) is 15.5. The standard InChI is InChI=1S/C26H19ClN2O3/c1-17-8-2-4-10-19(17)25(30)29-28-16-22-20-11-5-3-9-18(20)14-15-24(22)32-26(31)21-12-6-7-13-23(21)27/h2-16H,1H3,(H,29,30)/b28-16+. The molecule has 0 aliphatic rings. The highest BCUT2D eigenvalue weighted by Gasteiger charge is 2.16. The summed E-state index contributed by atoms with van der Waals surface area (Å²) in [4.78, 5) is 25.2. The number of hydrogen-bond acceptors (Lipinski definition) is 4. The van der Waals surface area contributed by atoms with Gasteiger partial charge >= 0.3 is 5.97 Å². The molecule has 0 aliphatic heterocycles. The second-order valence-corrected chi connectivity index (χ2v) is 7.49. The van der Waals surface area contributed by atoms with Crippen molar-refractivity contribution in [2.45, 2.75) is 6.92 Å². The second-order valence-electron chi connectivity index (χ2n) is 7.08. The van der Waals surface area contributed by atoms with Gasteiger partial charge in [-0.2, -0.15) is 5.10 Å². The summed E-state index contributed by atoms with van der Waals surface area (Å²) in [5.41, 5.74) is 4.75. The summed E-state index contributed by atoms with van der Waals surface area (Å²) in [6.07, 6.45) is 1.48. The van der Waals surface area contributed by atoms with Gasteiger partial charge in [-0.1, -0.05) is 72.3 Å². The Morgan fingerprint density at radius 3 is 2.34 bits per heavy atom. The molecule has 0 fully saturated rings. The number of fused-ring (bicyclic) bond motifs is 1. The van der Waals surface area contributed by atoms with E-state index in [-0.39, 0.29) is 11.5 Å². The van der Waals surface area contributed by atoms with Crippen molar-refractivity contribution in [1.29, 1.82) is 0 Å². The maximum atomic E-state index is 12.7. The van der Waals surface area contributed by atoms with Crippen molar-refractivity contribution in [3.05, 3.63) is 112 Å². The van der Waals surface area contributed by atoms with Crippen molar-refractivity contribution in [1.82, 2.24) is 5.43 Å². The predicted octanol–water partition coefficient (Wildman–Crippen LogP) is 5.78. The zero-order valence-corrected chi connectivity index (χ0v) is 18.0. The molecule has 0 atom stereocenters. The largest absolute Gasteiger partial charge is 0.422 e. The highest BCUT2D eigenvalue weighted by atomic mass is 35.5. The SMILES string of the molecule is Cc1ccccc1C(=O)N/N=C/c1c(OC(=O)c2ccccc2Cl)ccc2ccccc12. The van der Waals surface area contributed by atoms with E-state index in [0.717, 1.165) is 16.3 Å². The molecule has 0 heterocycles. The van der Waals surface area contributed by atoms with Gasteiger partial charge in [0.2, 0.25) is 0 Å². The van der Waals surface area contributed by atoms with E-state index in [1.54, 1.807) is 42.5 Å². The zero-order valence-electron chi connectivity index (χ0n) is 17.2. The van der Waals surface area contributed by atoms with E-state index in [9.17, 15) is 9.59 Å². The molecule has 0 saturated heterocycles. The number of benzene rings is 4. The molecular weight excluding hydrogens is 424 g/mol. The lowest BCUT2D eigenvalue weighted by Gasteiger charge is -2.11. The molecule has 4 aromatic rings. The lowest BCUT2D eigenvalue weighted by molar-refractivity contribution is 0.0734. The molecule has 0 aliphatic carbocycles. The molecule has 4 rings (SSSR count). The summed E-state index contributed by atoms with van der Waals surface area (Å²) < 4.78 is 5.65. The minimum Gasteiger partial charge on any atom is -0.422 e. The van der Waals surface area contributed by atoms with Crippen LogP contribution < -0.4 is 10.2 Å². The van der Waals surface area contributed by atoms with E-state index in [4.69, 9.17) is 16.3 Å². The molecule has 0 radical (unpaired) electrons. The number of hydrazone groups is 1. The van der Waals surface area contributed by atoms with Crippen LogP contribution in [0.1, 0.15) is 31.8 Å². The maximum absolute atomic E-state index is 12.7. The normalized spacial score (nSPS) is 10.9. The lowest BCUT2D eigenvalue weighted by atomic mass is 10.0. The summed E-state index contributed by atoms with van der Waals surface area (Å²) in [6.45, 7) is 1.86. The minimum absolute atomic E-state index is 0.262. The van der Waals surface area contributed by atoms with E-state index in [1.165, 1.54) is 6.21 Å². The number of aryl methyl sites for hydroxylation is 1. The van der Waals surface area contributed by atoms with Crippen molar-refractivity contribution in [2.24, 2.45) is 5.10 Å². The van der Waals surface area contributed by atoms with Gasteiger partial charge in [-0.15, -0.1) is 0 Å². The molecule has 158 valence electrons. The van der Waals surface area contributed by atoms with Crippen molar-refractivity contribution in [3.63, 3.8) is 0 Å². The van der Waals surface area contributed by atoms with Gasteiger partial charge in [0, 0.05) is 11.1 Å². The minimum atomic E-state index is -0.579. The first kappa shape index (κ1) is 21.3. The van der Waals surface area contributed by atoms with Gasteiger partial charge in [0.05, 0.1) is 16.8 Å². The molecule has 0 aromatic heterocycles. The number of carbonyl (C=O) groups is 2. The van der Waals surface area contributed by atoms with Gasteiger partial charge in [0.1, 0.15) is 5.75 Å². The van der Waals surface area contributed by atoms with Gasteiger partial charge in [0.25, 0.3) is 5.91 Å². The second kappa shape index (κ2) is 9.45. The first-order valence-corrected chi connectivity index (χ1v) is 10.3. The van der Waals surface area contributed by atoms with Crippen molar-refractivity contribution >= 4 is 40.5 Å². The average Bonchev–Trinajstić information content (AvgIpc) is 2.80. The molecule has 0 saturated carbocycles. The zero-order chi connectivity index (χ0) is 22.5. The summed E-state index contributed by atoms with van der Waals surface area (Å²) in [5.74, 6) is -0.596. The van der Waals surface area contributed by atoms with Crippen molar-refractivity contribution in [3.8, 4) is 5.75 Å². The predicted molar refractivity (Wildman–Crippen MR) is 127 cm³/mol. The van der Waals surface area contributed by atoms with E-state index in [2.05, 4.69) is 10.5 Å². The van der Waals surface area contributed by atoms with Crippen LogP contribution in [-0.4, -0.2) is 18.1 Å². The number of ether oxygens (including phenoxy) is 1. The molecule has 1 N–H and O–H groups in total. The Bertz CT molecular complexity index is 1350. The summed E-state index contributed by atoms with van der Waals surface area (Å²) in [6, 6.07) is 25.1. The van der Waals surface area contributed by atoms with Crippen LogP contribution in [0.2, 0.25) is 5.02 Å². The van der Waals surface area contributed by atoms with Crippen LogP contribution in [0.4, 0.5) is 0 Å². The van der Waals surface area contributed by atoms with Crippen LogP contribution in [-0.2, 0) is 0 Å². The molecule has 0 spiro atoms. The summed E-state index contributed by atoms with van der Waals surface area (Å²) >= 11 is 6.13. The number of halogens is 1. The van der Waals surface area contributed by atoms with Gasteiger partial charge in [0.15, 0.2) is 0 Å². The molecule has 32 heavy (non-hydrogen) atoms. The molecule has 4 aromatic carbocycles. The molecule has 5 nitrogen and oxygen atoms in total. The summed E-state index contributed by atoms with van der Waals surface area (Å²) in [5, 5.41) is 6.20. The Labute approximate surface area is 190 Å². The third kappa shape index (κ3) is 4.53. The Morgan fingerprint density at radius 2 is 1.56 bits per heavy atom. The van der Waals surface area contributed by atoms with Crippen LogP contribution in [0.15, 0.2) is 90.0 Å². The van der Waals surface area contributed by atoms with Crippen LogP contribution in [0.5, 0.6) is 5.75 Å². The fourth-order valence-corrected chi connectivity index (χ4v) is 3.54. The number of nitrogens with zero attached hydrogens (tertiary/aromatic N) is 1. The van der Waals surface area contributed by atoms with Gasteiger partial charge in [-0.05, 0) is 47.5 Å². The Morgan fingerprint density at radius 1 is 0.875 bits per heavy atom. The van der Waals surface area contributed by atoms with Gasteiger partial charge < -0.3 is 4.74 Å². The lowest BCUT2D eigenvalue weighted by Crippen LogP contribution is -2.18. The number of esters is 1. The number of carbonyl (C=O) groups excluding carboxylic acids is 2. The van der Waals surface area contributed by atoms with E-state index in [1.807, 2.05) is 49.4 Å². The Hall–Kier alpha value is -3.96. The topological polar surface area (TPSA) is 67.8 Å². The molecule has 0 bridgehead atoms. The molecule has 6 heteroatoms. The van der Waals surface area contributed by atoms with Crippen LogP contribution in [0.25, 0.3) is 10.8 Å². The van der Waals surface area contributed by atoms with Gasteiger partial charge in [-0.25, -0.2) is 10.2 Å². The third-order valence-electron chi connectivity index (χ3n) is 4.98.